The van der Waals surface area contributed by atoms with Gasteiger partial charge in [-0.3, -0.25) is 0 Å². The molecule has 1 aliphatic heterocycles. The molecule has 1 unspecified atom stereocenters. The van der Waals surface area contributed by atoms with Crippen LogP contribution in [0.5, 0.6) is 0 Å². The molecule has 1 aromatic rings. The molecule has 0 N–H and O–H groups in total. The second-order valence-electron chi connectivity index (χ2n) is 4.73. The standard InChI is InChI=1S/C13H20BrN3O/c1-3-12-15-11(14)7-13(16-12)17-6-4-5-10(8-17)9-18-2/h7,10H,3-6,8-9H2,1-2H3. The first-order valence-electron chi connectivity index (χ1n) is 6.50. The van der Waals surface area contributed by atoms with Crippen LogP contribution < -0.4 is 4.90 Å². The predicted molar refractivity (Wildman–Crippen MR) is 75.9 cm³/mol. The van der Waals surface area contributed by atoms with Crippen LogP contribution in [-0.4, -0.2) is 36.8 Å². The lowest BCUT2D eigenvalue weighted by Gasteiger charge is -2.33. The molecule has 100 valence electrons. The number of methoxy groups -OCH3 is 1. The number of halogens is 1. The molecule has 18 heavy (non-hydrogen) atoms. The number of aromatic nitrogens is 2. The van der Waals surface area contributed by atoms with Crippen molar-refractivity contribution in [3.05, 3.63) is 16.5 Å². The fraction of sp³-hybridized carbons (Fsp3) is 0.692. The molecular weight excluding hydrogens is 294 g/mol. The van der Waals surface area contributed by atoms with Gasteiger partial charge in [0.1, 0.15) is 16.2 Å². The fourth-order valence-electron chi connectivity index (χ4n) is 2.42. The quantitative estimate of drug-likeness (QED) is 0.801. The Morgan fingerprint density at radius 2 is 2.33 bits per heavy atom. The smallest absolute Gasteiger partial charge is 0.133 e. The highest BCUT2D eigenvalue weighted by Gasteiger charge is 2.21. The lowest BCUT2D eigenvalue weighted by atomic mass is 9.99. The topological polar surface area (TPSA) is 38.2 Å². The van der Waals surface area contributed by atoms with E-state index in [1.54, 1.807) is 7.11 Å². The molecule has 1 fully saturated rings. The molecule has 5 heteroatoms. The van der Waals surface area contributed by atoms with Crippen molar-refractivity contribution in [3.8, 4) is 0 Å². The van der Waals surface area contributed by atoms with E-state index in [2.05, 4.69) is 37.7 Å². The van der Waals surface area contributed by atoms with Crippen molar-refractivity contribution in [3.63, 3.8) is 0 Å². The number of hydrogen-bond acceptors (Lipinski definition) is 4. The lowest BCUT2D eigenvalue weighted by molar-refractivity contribution is 0.143. The van der Waals surface area contributed by atoms with Gasteiger partial charge in [-0.1, -0.05) is 6.92 Å². The highest BCUT2D eigenvalue weighted by Crippen LogP contribution is 2.23. The number of piperidine rings is 1. The largest absolute Gasteiger partial charge is 0.384 e. The van der Waals surface area contributed by atoms with Crippen molar-refractivity contribution in [2.45, 2.75) is 26.2 Å². The molecule has 0 aliphatic carbocycles. The minimum atomic E-state index is 0.613. The summed E-state index contributed by atoms with van der Waals surface area (Å²) >= 11 is 3.46. The van der Waals surface area contributed by atoms with Crippen LogP contribution in [0, 0.1) is 5.92 Å². The molecule has 1 aromatic heterocycles. The zero-order chi connectivity index (χ0) is 13.0. The first kappa shape index (κ1) is 13.7. The maximum Gasteiger partial charge on any atom is 0.133 e. The van der Waals surface area contributed by atoms with Gasteiger partial charge < -0.3 is 9.64 Å². The number of hydrogen-bond donors (Lipinski definition) is 0. The third kappa shape index (κ3) is 3.42. The van der Waals surface area contributed by atoms with Gasteiger partial charge in [0.05, 0.1) is 6.61 Å². The third-order valence-electron chi connectivity index (χ3n) is 3.29. The average Bonchev–Trinajstić information content (AvgIpc) is 2.39. The van der Waals surface area contributed by atoms with E-state index in [0.717, 1.165) is 42.4 Å². The highest BCUT2D eigenvalue weighted by atomic mass is 79.9. The van der Waals surface area contributed by atoms with Crippen LogP contribution in [0.2, 0.25) is 0 Å². The second-order valence-corrected chi connectivity index (χ2v) is 5.54. The van der Waals surface area contributed by atoms with E-state index >= 15 is 0 Å². The van der Waals surface area contributed by atoms with Crippen molar-refractivity contribution >= 4 is 21.7 Å². The van der Waals surface area contributed by atoms with E-state index in [1.807, 2.05) is 6.07 Å². The van der Waals surface area contributed by atoms with E-state index < -0.39 is 0 Å². The summed E-state index contributed by atoms with van der Waals surface area (Å²) in [5.41, 5.74) is 0. The molecule has 1 atom stereocenters. The fourth-order valence-corrected chi connectivity index (χ4v) is 2.83. The summed E-state index contributed by atoms with van der Waals surface area (Å²) in [4.78, 5) is 11.3. The monoisotopic (exact) mass is 313 g/mol. The summed E-state index contributed by atoms with van der Waals surface area (Å²) in [6.07, 6.45) is 3.32. The van der Waals surface area contributed by atoms with Crippen LogP contribution in [0.1, 0.15) is 25.6 Å². The van der Waals surface area contributed by atoms with E-state index in [9.17, 15) is 0 Å². The Hall–Kier alpha value is -0.680. The maximum atomic E-state index is 5.27. The molecule has 1 aliphatic rings. The van der Waals surface area contributed by atoms with Crippen LogP contribution in [0.15, 0.2) is 10.7 Å². The molecule has 0 radical (unpaired) electrons. The number of anilines is 1. The summed E-state index contributed by atoms with van der Waals surface area (Å²) in [7, 11) is 1.77. The van der Waals surface area contributed by atoms with E-state index in [0.29, 0.717) is 5.92 Å². The molecule has 0 aromatic carbocycles. The van der Waals surface area contributed by atoms with Crippen LogP contribution in [0.3, 0.4) is 0 Å². The van der Waals surface area contributed by atoms with Gasteiger partial charge in [0.25, 0.3) is 0 Å². The Balaban J connectivity index is 2.12. The SMILES string of the molecule is CCc1nc(Br)cc(N2CCCC(COC)C2)n1. The van der Waals surface area contributed by atoms with E-state index in [4.69, 9.17) is 4.74 Å². The van der Waals surface area contributed by atoms with Crippen molar-refractivity contribution in [1.29, 1.82) is 0 Å². The molecule has 0 bridgehead atoms. The predicted octanol–water partition coefficient (Wildman–Crippen LogP) is 2.66. The minimum absolute atomic E-state index is 0.613. The van der Waals surface area contributed by atoms with E-state index in [1.165, 1.54) is 12.8 Å². The van der Waals surface area contributed by atoms with Gasteiger partial charge in [0, 0.05) is 32.7 Å². The van der Waals surface area contributed by atoms with Crippen molar-refractivity contribution in [2.75, 3.05) is 31.7 Å². The molecule has 2 rings (SSSR count). The van der Waals surface area contributed by atoms with Crippen molar-refractivity contribution in [2.24, 2.45) is 5.92 Å². The second kappa shape index (κ2) is 6.48. The average molecular weight is 314 g/mol. The summed E-state index contributed by atoms with van der Waals surface area (Å²) in [5, 5.41) is 0. The van der Waals surface area contributed by atoms with Gasteiger partial charge in [-0.25, -0.2) is 9.97 Å². The summed E-state index contributed by atoms with van der Waals surface area (Å²) in [6, 6.07) is 2.01. The summed E-state index contributed by atoms with van der Waals surface area (Å²) in [5.74, 6) is 2.55. The van der Waals surface area contributed by atoms with Crippen LogP contribution >= 0.6 is 15.9 Å². The highest BCUT2D eigenvalue weighted by molar-refractivity contribution is 9.10. The number of nitrogens with zero attached hydrogens (tertiary/aromatic N) is 3. The van der Waals surface area contributed by atoms with Crippen molar-refractivity contribution < 1.29 is 4.74 Å². The Morgan fingerprint density at radius 3 is 3.06 bits per heavy atom. The van der Waals surface area contributed by atoms with Gasteiger partial charge in [-0.2, -0.15) is 0 Å². The molecule has 0 saturated carbocycles. The van der Waals surface area contributed by atoms with Crippen LogP contribution in [0.25, 0.3) is 0 Å². The molecule has 0 amide bonds. The van der Waals surface area contributed by atoms with Gasteiger partial charge in [0.15, 0.2) is 0 Å². The van der Waals surface area contributed by atoms with Crippen LogP contribution in [0.4, 0.5) is 5.82 Å². The number of aryl methyl sites for hydroxylation is 1. The lowest BCUT2D eigenvalue weighted by Crippen LogP contribution is -2.37. The molecule has 1 saturated heterocycles. The Morgan fingerprint density at radius 1 is 1.50 bits per heavy atom. The van der Waals surface area contributed by atoms with Crippen LogP contribution in [-0.2, 0) is 11.2 Å². The normalized spacial score (nSPS) is 20.2. The van der Waals surface area contributed by atoms with Crippen molar-refractivity contribution in [1.82, 2.24) is 9.97 Å². The third-order valence-corrected chi connectivity index (χ3v) is 3.70. The van der Waals surface area contributed by atoms with Gasteiger partial charge in [-0.05, 0) is 34.7 Å². The zero-order valence-electron chi connectivity index (χ0n) is 11.0. The summed E-state index contributed by atoms with van der Waals surface area (Å²) in [6.45, 7) is 5.02. The molecule has 4 nitrogen and oxygen atoms in total. The molecule has 0 spiro atoms. The van der Waals surface area contributed by atoms with Gasteiger partial charge >= 0.3 is 0 Å². The maximum absolute atomic E-state index is 5.27. The first-order chi connectivity index (χ1) is 8.72. The molecule has 2 heterocycles. The summed E-state index contributed by atoms with van der Waals surface area (Å²) < 4.78 is 6.14. The number of ether oxygens (including phenoxy) is 1. The van der Waals surface area contributed by atoms with Gasteiger partial charge in [-0.15, -0.1) is 0 Å². The Bertz CT molecular complexity index is 398. The zero-order valence-corrected chi connectivity index (χ0v) is 12.6. The van der Waals surface area contributed by atoms with E-state index in [-0.39, 0.29) is 0 Å². The minimum Gasteiger partial charge on any atom is -0.384 e. The van der Waals surface area contributed by atoms with Gasteiger partial charge in [0.2, 0.25) is 0 Å². The Kier molecular flexibility index (Phi) is 4.95. The first-order valence-corrected chi connectivity index (χ1v) is 7.29. The molecular formula is C13H20BrN3O. The number of rotatable bonds is 4. The Labute approximate surface area is 117 Å².